The number of sulfone groups is 1. The molecule has 0 radical (unpaired) electrons. The molecule has 150 valence electrons. The number of carbonyl (C=O) groups excluding carboxylic acids is 1. The van der Waals surface area contributed by atoms with Crippen molar-refractivity contribution in [3.05, 3.63) is 48.8 Å². The van der Waals surface area contributed by atoms with Crippen molar-refractivity contribution in [2.45, 2.75) is 38.0 Å². The van der Waals surface area contributed by atoms with Gasteiger partial charge in [-0.3, -0.25) is 14.7 Å². The first-order valence-electron chi connectivity index (χ1n) is 9.60. The molecule has 2 aliphatic heterocycles. The lowest BCUT2D eigenvalue weighted by molar-refractivity contribution is -0.137. The molecule has 0 spiro atoms. The first kappa shape index (κ1) is 19.1. The summed E-state index contributed by atoms with van der Waals surface area (Å²) in [7, 11) is -3.14. The first-order valence-corrected chi connectivity index (χ1v) is 11.4. The molecule has 0 saturated carbocycles. The topological polar surface area (TPSA) is 88.4 Å². The summed E-state index contributed by atoms with van der Waals surface area (Å²) in [4.78, 5) is 25.0. The van der Waals surface area contributed by atoms with Crippen LogP contribution in [0, 0.1) is 0 Å². The van der Waals surface area contributed by atoms with Crippen molar-refractivity contribution < 1.29 is 13.2 Å². The monoisotopic (exact) mass is 403 g/mol. The second-order valence-corrected chi connectivity index (χ2v) is 9.69. The Kier molecular flexibility index (Phi) is 5.45. The van der Waals surface area contributed by atoms with Gasteiger partial charge in [0.2, 0.25) is 5.91 Å². The molecule has 0 aromatic carbocycles. The normalized spacial score (nSPS) is 24.2. The molecule has 4 heterocycles. The maximum absolute atomic E-state index is 12.8. The van der Waals surface area contributed by atoms with Gasteiger partial charge in [0.1, 0.15) is 0 Å². The van der Waals surface area contributed by atoms with Gasteiger partial charge in [-0.1, -0.05) is 6.07 Å². The van der Waals surface area contributed by atoms with E-state index in [0.29, 0.717) is 26.1 Å². The Balaban J connectivity index is 1.41. The van der Waals surface area contributed by atoms with E-state index >= 15 is 0 Å². The Labute approximate surface area is 165 Å². The summed E-state index contributed by atoms with van der Waals surface area (Å²) in [5, 5.41) is 0. The van der Waals surface area contributed by atoms with E-state index in [0.717, 1.165) is 18.5 Å². The van der Waals surface area contributed by atoms with Gasteiger partial charge in [-0.2, -0.15) is 0 Å². The van der Waals surface area contributed by atoms with Crippen LogP contribution in [0.2, 0.25) is 0 Å². The molecule has 2 atom stereocenters. The van der Waals surface area contributed by atoms with E-state index in [4.69, 9.17) is 0 Å². The smallest absolute Gasteiger partial charge is 0.223 e. The van der Waals surface area contributed by atoms with E-state index in [1.54, 1.807) is 18.7 Å². The number of piperazine rings is 1. The minimum absolute atomic E-state index is 0.0493. The van der Waals surface area contributed by atoms with Crippen LogP contribution >= 0.6 is 0 Å². The summed E-state index contributed by atoms with van der Waals surface area (Å²) >= 11 is 0. The number of hydrogen-bond donors (Lipinski definition) is 0. The molecule has 8 nitrogen and oxygen atoms in total. The van der Waals surface area contributed by atoms with Crippen LogP contribution in [0.1, 0.15) is 18.4 Å². The predicted octanol–water partition coefficient (Wildman–Crippen LogP) is 0.568. The molecular weight excluding hydrogens is 378 g/mol. The number of hydrogen-bond acceptors (Lipinski definition) is 6. The number of aromatic nitrogens is 3. The van der Waals surface area contributed by atoms with Crippen LogP contribution in [0.4, 0.5) is 0 Å². The van der Waals surface area contributed by atoms with Crippen LogP contribution in [0.3, 0.4) is 0 Å². The van der Waals surface area contributed by atoms with Gasteiger partial charge >= 0.3 is 0 Å². The maximum Gasteiger partial charge on any atom is 0.223 e. The molecule has 1 amide bonds. The van der Waals surface area contributed by atoms with E-state index in [9.17, 15) is 13.2 Å². The molecule has 2 aliphatic rings. The summed E-state index contributed by atoms with van der Waals surface area (Å²) in [5.74, 6) is 0.235. The maximum atomic E-state index is 12.8. The van der Waals surface area contributed by atoms with Gasteiger partial charge in [-0.15, -0.1) is 0 Å². The summed E-state index contributed by atoms with van der Waals surface area (Å²) in [6, 6.07) is 3.49. The Bertz CT molecular complexity index is 901. The van der Waals surface area contributed by atoms with E-state index in [1.165, 1.54) is 0 Å². The zero-order valence-electron chi connectivity index (χ0n) is 15.7. The highest BCUT2D eigenvalue weighted by molar-refractivity contribution is 7.91. The third kappa shape index (κ3) is 4.25. The summed E-state index contributed by atoms with van der Waals surface area (Å²) < 4.78 is 26.6. The van der Waals surface area contributed by atoms with E-state index in [1.807, 2.05) is 34.0 Å². The minimum atomic E-state index is -3.14. The number of carbonyl (C=O) groups is 1. The molecule has 0 unspecified atom stereocenters. The van der Waals surface area contributed by atoms with E-state index in [-0.39, 0.29) is 29.5 Å². The van der Waals surface area contributed by atoms with Gasteiger partial charge in [0.05, 0.1) is 23.9 Å². The van der Waals surface area contributed by atoms with Crippen LogP contribution in [0.25, 0.3) is 0 Å². The van der Waals surface area contributed by atoms with Crippen LogP contribution in [0.5, 0.6) is 0 Å². The fourth-order valence-electron chi connectivity index (χ4n) is 4.23. The fourth-order valence-corrected chi connectivity index (χ4v) is 6.24. The van der Waals surface area contributed by atoms with Gasteiger partial charge in [-0.05, 0) is 18.1 Å². The van der Waals surface area contributed by atoms with Crippen LogP contribution < -0.4 is 0 Å². The Morgan fingerprint density at radius 3 is 2.75 bits per heavy atom. The van der Waals surface area contributed by atoms with Crippen LogP contribution in [-0.4, -0.2) is 75.3 Å². The number of pyridine rings is 1. The fraction of sp³-hybridized carbons (Fsp3) is 0.526. The van der Waals surface area contributed by atoms with Crippen molar-refractivity contribution in [1.82, 2.24) is 24.3 Å². The van der Waals surface area contributed by atoms with Crippen LogP contribution in [0.15, 0.2) is 43.2 Å². The number of amides is 1. The third-order valence-electron chi connectivity index (χ3n) is 5.59. The van der Waals surface area contributed by atoms with Crippen molar-refractivity contribution >= 4 is 15.7 Å². The summed E-state index contributed by atoms with van der Waals surface area (Å²) in [6.07, 6.45) is 10.0. The van der Waals surface area contributed by atoms with Crippen molar-refractivity contribution in [1.29, 1.82) is 0 Å². The molecule has 28 heavy (non-hydrogen) atoms. The lowest BCUT2D eigenvalue weighted by Gasteiger charge is -2.44. The SMILES string of the molecule is O=C(CCCn1ccnc1)N1CCN(Cc2cccnc2)[C@@H]2CS(=O)(=O)C[C@@H]21. The highest BCUT2D eigenvalue weighted by atomic mass is 32.2. The lowest BCUT2D eigenvalue weighted by atomic mass is 10.0. The van der Waals surface area contributed by atoms with E-state index < -0.39 is 9.84 Å². The predicted molar refractivity (Wildman–Crippen MR) is 104 cm³/mol. The first-order chi connectivity index (χ1) is 13.5. The molecule has 2 aromatic rings. The molecule has 0 N–H and O–H groups in total. The molecule has 0 bridgehead atoms. The number of fused-ring (bicyclic) bond motifs is 1. The van der Waals surface area contributed by atoms with Crippen molar-refractivity contribution in [2.24, 2.45) is 0 Å². The van der Waals surface area contributed by atoms with Crippen molar-refractivity contribution in [3.63, 3.8) is 0 Å². The summed E-state index contributed by atoms with van der Waals surface area (Å²) in [6.45, 7) is 2.64. The second-order valence-electron chi connectivity index (χ2n) is 7.53. The molecular formula is C19H25N5O3S. The van der Waals surface area contributed by atoms with Gasteiger partial charge in [0.25, 0.3) is 0 Å². The number of rotatable bonds is 6. The van der Waals surface area contributed by atoms with Gasteiger partial charge in [0, 0.05) is 63.4 Å². The molecule has 0 aliphatic carbocycles. The minimum Gasteiger partial charge on any atom is -0.337 e. The highest BCUT2D eigenvalue weighted by Crippen LogP contribution is 2.28. The quantitative estimate of drug-likeness (QED) is 0.701. The zero-order chi connectivity index (χ0) is 19.6. The molecule has 9 heteroatoms. The lowest BCUT2D eigenvalue weighted by Crippen LogP contribution is -2.60. The molecule has 2 saturated heterocycles. The van der Waals surface area contributed by atoms with E-state index in [2.05, 4.69) is 14.9 Å². The largest absolute Gasteiger partial charge is 0.337 e. The Hall–Kier alpha value is -2.26. The molecule has 2 fully saturated rings. The zero-order valence-corrected chi connectivity index (χ0v) is 16.5. The second kappa shape index (κ2) is 8.00. The Morgan fingerprint density at radius 2 is 2.00 bits per heavy atom. The van der Waals surface area contributed by atoms with Crippen molar-refractivity contribution in [3.8, 4) is 0 Å². The molecule has 2 aromatic heterocycles. The highest BCUT2D eigenvalue weighted by Gasteiger charge is 2.47. The van der Waals surface area contributed by atoms with Crippen LogP contribution in [-0.2, 0) is 27.7 Å². The van der Waals surface area contributed by atoms with Gasteiger partial charge < -0.3 is 9.47 Å². The standard InChI is InChI=1S/C19H25N5O3S/c25-19(4-2-7-22-8-6-21-15-22)24-10-9-23(12-16-3-1-5-20-11-16)17-13-28(26,27)14-18(17)24/h1,3,5-6,8,11,15,17-18H,2,4,7,9-10,12-14H2/t17-,18+/m1/s1. The Morgan fingerprint density at radius 1 is 1.14 bits per heavy atom. The van der Waals surface area contributed by atoms with Gasteiger partial charge in [-0.25, -0.2) is 13.4 Å². The average molecular weight is 404 g/mol. The summed E-state index contributed by atoms with van der Waals surface area (Å²) in [5.41, 5.74) is 1.06. The van der Waals surface area contributed by atoms with Gasteiger partial charge in [0.15, 0.2) is 9.84 Å². The third-order valence-corrected chi connectivity index (χ3v) is 7.28. The number of imidazole rings is 1. The molecule has 4 rings (SSSR count). The van der Waals surface area contributed by atoms with Crippen molar-refractivity contribution in [2.75, 3.05) is 24.6 Å². The number of aryl methyl sites for hydroxylation is 1. The number of nitrogens with zero attached hydrogens (tertiary/aromatic N) is 5. The average Bonchev–Trinajstić information content (AvgIpc) is 3.29.